The van der Waals surface area contributed by atoms with Crippen molar-refractivity contribution in [2.24, 2.45) is 0 Å². The molecule has 2 rings (SSSR count). The lowest BCUT2D eigenvalue weighted by atomic mass is 9.92. The van der Waals surface area contributed by atoms with Crippen LogP contribution in [-0.2, 0) is 11.3 Å². The van der Waals surface area contributed by atoms with E-state index in [1.807, 2.05) is 19.5 Å². The van der Waals surface area contributed by atoms with Crippen LogP contribution in [0.4, 0.5) is 0 Å². The van der Waals surface area contributed by atoms with E-state index in [1.165, 1.54) is 31.2 Å². The Morgan fingerprint density at radius 1 is 1.31 bits per heavy atom. The van der Waals surface area contributed by atoms with Crippen LogP contribution in [0.15, 0.2) is 24.5 Å². The second-order valence-electron chi connectivity index (χ2n) is 4.40. The highest BCUT2D eigenvalue weighted by Crippen LogP contribution is 2.20. The normalized spacial score (nSPS) is 25.6. The number of nitrogens with zero attached hydrogens (tertiary/aromatic N) is 1. The lowest BCUT2D eigenvalue weighted by Crippen LogP contribution is -2.42. The maximum atomic E-state index is 5.52. The van der Waals surface area contributed by atoms with Crippen molar-refractivity contribution in [1.29, 1.82) is 0 Å². The van der Waals surface area contributed by atoms with E-state index in [2.05, 4.69) is 22.4 Å². The van der Waals surface area contributed by atoms with Crippen LogP contribution in [0.2, 0.25) is 0 Å². The van der Waals surface area contributed by atoms with E-state index in [0.29, 0.717) is 12.1 Å². The molecule has 0 amide bonds. The minimum atomic E-state index is 0.385. The van der Waals surface area contributed by atoms with Crippen molar-refractivity contribution in [2.45, 2.75) is 44.4 Å². The fourth-order valence-corrected chi connectivity index (χ4v) is 2.36. The van der Waals surface area contributed by atoms with Gasteiger partial charge in [0.05, 0.1) is 6.10 Å². The summed E-state index contributed by atoms with van der Waals surface area (Å²) < 4.78 is 5.52. The fourth-order valence-electron chi connectivity index (χ4n) is 2.36. The van der Waals surface area contributed by atoms with Gasteiger partial charge in [0.25, 0.3) is 0 Å². The monoisotopic (exact) mass is 220 g/mol. The molecule has 2 atom stereocenters. The Morgan fingerprint density at radius 3 is 2.81 bits per heavy atom. The van der Waals surface area contributed by atoms with Gasteiger partial charge in [-0.2, -0.15) is 0 Å². The molecule has 2 unspecified atom stereocenters. The highest BCUT2D eigenvalue weighted by atomic mass is 16.5. The summed E-state index contributed by atoms with van der Waals surface area (Å²) in [5.74, 6) is 0. The van der Waals surface area contributed by atoms with Gasteiger partial charge in [0.15, 0.2) is 0 Å². The molecule has 1 aliphatic carbocycles. The zero-order valence-corrected chi connectivity index (χ0v) is 9.86. The lowest BCUT2D eigenvalue weighted by molar-refractivity contribution is 0.0413. The highest BCUT2D eigenvalue weighted by Gasteiger charge is 2.23. The van der Waals surface area contributed by atoms with Crippen LogP contribution in [0.5, 0.6) is 0 Å². The molecule has 0 aliphatic heterocycles. The molecule has 1 heterocycles. The van der Waals surface area contributed by atoms with Gasteiger partial charge in [0, 0.05) is 32.1 Å². The zero-order chi connectivity index (χ0) is 11.2. The van der Waals surface area contributed by atoms with Crippen LogP contribution in [-0.4, -0.2) is 24.2 Å². The summed E-state index contributed by atoms with van der Waals surface area (Å²) in [6.45, 7) is 0.910. The van der Waals surface area contributed by atoms with Crippen molar-refractivity contribution in [1.82, 2.24) is 10.3 Å². The van der Waals surface area contributed by atoms with E-state index < -0.39 is 0 Å². The van der Waals surface area contributed by atoms with E-state index in [0.717, 1.165) is 6.54 Å². The van der Waals surface area contributed by atoms with Crippen molar-refractivity contribution < 1.29 is 4.74 Å². The van der Waals surface area contributed by atoms with Crippen LogP contribution in [0.1, 0.15) is 31.2 Å². The van der Waals surface area contributed by atoms with Gasteiger partial charge in [0.2, 0.25) is 0 Å². The van der Waals surface area contributed by atoms with Gasteiger partial charge in [-0.1, -0.05) is 12.8 Å². The highest BCUT2D eigenvalue weighted by molar-refractivity contribution is 5.09. The third kappa shape index (κ3) is 3.03. The van der Waals surface area contributed by atoms with E-state index in [4.69, 9.17) is 4.74 Å². The smallest absolute Gasteiger partial charge is 0.0724 e. The molecule has 0 aromatic carbocycles. The van der Waals surface area contributed by atoms with Crippen LogP contribution in [0, 0.1) is 0 Å². The Labute approximate surface area is 97.2 Å². The molecule has 0 bridgehead atoms. The van der Waals surface area contributed by atoms with E-state index >= 15 is 0 Å². The maximum absolute atomic E-state index is 5.52. The summed E-state index contributed by atoms with van der Waals surface area (Å²) in [5, 5.41) is 3.59. The summed E-state index contributed by atoms with van der Waals surface area (Å²) in [6, 6.07) is 4.61. The molecule has 1 fully saturated rings. The minimum absolute atomic E-state index is 0.385. The first-order valence-corrected chi connectivity index (χ1v) is 6.05. The number of pyridine rings is 1. The molecule has 0 spiro atoms. The van der Waals surface area contributed by atoms with Gasteiger partial charge in [-0.25, -0.2) is 0 Å². The number of hydrogen-bond donors (Lipinski definition) is 1. The molecule has 1 N–H and O–H groups in total. The van der Waals surface area contributed by atoms with Crippen molar-refractivity contribution in [2.75, 3.05) is 7.11 Å². The first-order chi connectivity index (χ1) is 7.90. The van der Waals surface area contributed by atoms with Crippen LogP contribution >= 0.6 is 0 Å². The molecular weight excluding hydrogens is 200 g/mol. The largest absolute Gasteiger partial charge is 0.380 e. The molecule has 16 heavy (non-hydrogen) atoms. The fraction of sp³-hybridized carbons (Fsp3) is 0.615. The topological polar surface area (TPSA) is 34.1 Å². The number of aromatic nitrogens is 1. The predicted molar refractivity (Wildman–Crippen MR) is 64.1 cm³/mol. The summed E-state index contributed by atoms with van der Waals surface area (Å²) >= 11 is 0. The second-order valence-corrected chi connectivity index (χ2v) is 4.40. The van der Waals surface area contributed by atoms with Crippen molar-refractivity contribution in [3.63, 3.8) is 0 Å². The zero-order valence-electron chi connectivity index (χ0n) is 9.86. The van der Waals surface area contributed by atoms with E-state index in [1.54, 1.807) is 0 Å². The molecule has 1 aromatic heterocycles. The number of rotatable bonds is 4. The third-order valence-electron chi connectivity index (χ3n) is 3.32. The van der Waals surface area contributed by atoms with Crippen molar-refractivity contribution in [3.8, 4) is 0 Å². The number of methoxy groups -OCH3 is 1. The Kier molecular flexibility index (Phi) is 4.31. The first-order valence-electron chi connectivity index (χ1n) is 6.05. The summed E-state index contributed by atoms with van der Waals surface area (Å²) in [4.78, 5) is 4.02. The summed E-state index contributed by atoms with van der Waals surface area (Å²) in [5.41, 5.74) is 1.29. The SMILES string of the molecule is COC1CCCCC1NCc1ccncc1. The van der Waals surface area contributed by atoms with Crippen LogP contribution < -0.4 is 5.32 Å². The molecular formula is C13H20N2O. The van der Waals surface area contributed by atoms with Gasteiger partial charge in [-0.15, -0.1) is 0 Å². The van der Waals surface area contributed by atoms with Crippen molar-refractivity contribution >= 4 is 0 Å². The van der Waals surface area contributed by atoms with Crippen LogP contribution in [0.25, 0.3) is 0 Å². The van der Waals surface area contributed by atoms with Gasteiger partial charge < -0.3 is 10.1 Å². The first kappa shape index (κ1) is 11.6. The molecule has 1 aliphatic rings. The summed E-state index contributed by atoms with van der Waals surface area (Å²) in [7, 11) is 1.82. The van der Waals surface area contributed by atoms with E-state index in [9.17, 15) is 0 Å². The maximum Gasteiger partial charge on any atom is 0.0724 e. The Morgan fingerprint density at radius 2 is 2.06 bits per heavy atom. The predicted octanol–water partition coefficient (Wildman–Crippen LogP) is 2.13. The molecule has 3 nitrogen and oxygen atoms in total. The molecule has 0 saturated heterocycles. The number of nitrogens with one attached hydrogen (secondary N) is 1. The average molecular weight is 220 g/mol. The van der Waals surface area contributed by atoms with Gasteiger partial charge in [-0.05, 0) is 30.5 Å². The average Bonchev–Trinajstić information content (AvgIpc) is 2.38. The third-order valence-corrected chi connectivity index (χ3v) is 3.32. The minimum Gasteiger partial charge on any atom is -0.380 e. The van der Waals surface area contributed by atoms with Gasteiger partial charge in [0.1, 0.15) is 0 Å². The summed E-state index contributed by atoms with van der Waals surface area (Å²) in [6.07, 6.45) is 9.08. The lowest BCUT2D eigenvalue weighted by Gasteiger charge is -2.31. The standard InChI is InChI=1S/C13H20N2O/c1-16-13-5-3-2-4-12(13)15-10-11-6-8-14-9-7-11/h6-9,12-13,15H,2-5,10H2,1H3. The molecule has 3 heteroatoms. The molecule has 0 radical (unpaired) electrons. The number of ether oxygens (including phenoxy) is 1. The Balaban J connectivity index is 1.84. The molecule has 88 valence electrons. The van der Waals surface area contributed by atoms with Gasteiger partial charge in [-0.3, -0.25) is 4.98 Å². The number of hydrogen-bond acceptors (Lipinski definition) is 3. The Hall–Kier alpha value is -0.930. The quantitative estimate of drug-likeness (QED) is 0.844. The van der Waals surface area contributed by atoms with Gasteiger partial charge >= 0.3 is 0 Å². The molecule has 1 aromatic rings. The Bertz CT molecular complexity index is 302. The molecule has 1 saturated carbocycles. The van der Waals surface area contributed by atoms with Crippen LogP contribution in [0.3, 0.4) is 0 Å². The van der Waals surface area contributed by atoms with Crippen molar-refractivity contribution in [3.05, 3.63) is 30.1 Å². The second kappa shape index (κ2) is 5.97. The van der Waals surface area contributed by atoms with E-state index in [-0.39, 0.29) is 0 Å².